The summed E-state index contributed by atoms with van der Waals surface area (Å²) in [6.07, 6.45) is 3.11. The zero-order valence-electron chi connectivity index (χ0n) is 11.7. The highest BCUT2D eigenvalue weighted by Gasteiger charge is 2.19. The highest BCUT2D eigenvalue weighted by molar-refractivity contribution is 5.93. The van der Waals surface area contributed by atoms with Gasteiger partial charge in [0.2, 0.25) is 0 Å². The van der Waals surface area contributed by atoms with E-state index in [1.807, 2.05) is 6.07 Å². The first kappa shape index (κ1) is 13.3. The average Bonchev–Trinajstić information content (AvgIpc) is 2.97. The Bertz CT molecular complexity index is 550. The van der Waals surface area contributed by atoms with Crippen molar-refractivity contribution in [3.63, 3.8) is 0 Å². The molecule has 2 aromatic rings. The van der Waals surface area contributed by atoms with E-state index in [-0.39, 0.29) is 11.3 Å². The van der Waals surface area contributed by atoms with Gasteiger partial charge in [0.15, 0.2) is 0 Å². The van der Waals surface area contributed by atoms with Crippen LogP contribution in [0.25, 0.3) is 0 Å². The van der Waals surface area contributed by atoms with Gasteiger partial charge in [0.05, 0.1) is 29.7 Å². The van der Waals surface area contributed by atoms with Gasteiger partial charge in [-0.15, -0.1) is 0 Å². The summed E-state index contributed by atoms with van der Waals surface area (Å²) in [7, 11) is 1.76. The molecule has 2 aromatic heterocycles. The van der Waals surface area contributed by atoms with E-state index in [1.54, 1.807) is 18.1 Å². The Morgan fingerprint density at radius 1 is 1.42 bits per heavy atom. The molecule has 19 heavy (non-hydrogen) atoms. The van der Waals surface area contributed by atoms with E-state index in [2.05, 4.69) is 41.2 Å². The lowest BCUT2D eigenvalue weighted by Crippen LogP contribution is -2.26. The van der Waals surface area contributed by atoms with Crippen LogP contribution in [-0.4, -0.2) is 38.2 Å². The fourth-order valence-electron chi connectivity index (χ4n) is 1.74. The Kier molecular flexibility index (Phi) is 3.42. The topological polar surface area (TPSA) is 77.7 Å². The van der Waals surface area contributed by atoms with E-state index in [0.29, 0.717) is 12.1 Å². The Hall–Kier alpha value is -2.11. The Balaban J connectivity index is 2.05. The highest BCUT2D eigenvalue weighted by Crippen LogP contribution is 2.20. The van der Waals surface area contributed by atoms with E-state index >= 15 is 0 Å². The SMILES string of the molecule is CN(Cc1cc(C(C)(C)C)n[nH]1)C(=O)c1cn[nH]c1. The van der Waals surface area contributed by atoms with Gasteiger partial charge >= 0.3 is 0 Å². The van der Waals surface area contributed by atoms with Crippen LogP contribution in [0.5, 0.6) is 0 Å². The minimum absolute atomic E-state index is 0.00187. The molecule has 0 saturated carbocycles. The quantitative estimate of drug-likeness (QED) is 0.882. The smallest absolute Gasteiger partial charge is 0.257 e. The van der Waals surface area contributed by atoms with Crippen LogP contribution in [0, 0.1) is 0 Å². The van der Waals surface area contributed by atoms with Crippen LogP contribution in [0.1, 0.15) is 42.5 Å². The molecule has 2 N–H and O–H groups in total. The first-order chi connectivity index (χ1) is 8.88. The molecule has 1 amide bonds. The van der Waals surface area contributed by atoms with Crippen molar-refractivity contribution < 1.29 is 4.79 Å². The summed E-state index contributed by atoms with van der Waals surface area (Å²) in [6.45, 7) is 6.81. The highest BCUT2D eigenvalue weighted by atomic mass is 16.2. The maximum Gasteiger partial charge on any atom is 0.257 e. The molecular weight excluding hydrogens is 242 g/mol. The molecular formula is C13H19N5O. The van der Waals surface area contributed by atoms with Crippen molar-refractivity contribution in [1.82, 2.24) is 25.3 Å². The number of nitrogens with one attached hydrogen (secondary N) is 2. The number of aromatic nitrogens is 4. The van der Waals surface area contributed by atoms with Crippen molar-refractivity contribution in [3.05, 3.63) is 35.4 Å². The van der Waals surface area contributed by atoms with E-state index in [1.165, 1.54) is 6.20 Å². The summed E-state index contributed by atoms with van der Waals surface area (Å²) in [5.41, 5.74) is 2.47. The first-order valence-corrected chi connectivity index (χ1v) is 6.17. The number of rotatable bonds is 3. The van der Waals surface area contributed by atoms with Crippen LogP contribution in [0.2, 0.25) is 0 Å². The second-order valence-corrected chi connectivity index (χ2v) is 5.68. The van der Waals surface area contributed by atoms with Gasteiger partial charge in [-0.1, -0.05) is 20.8 Å². The van der Waals surface area contributed by atoms with Gasteiger partial charge in [0.25, 0.3) is 5.91 Å². The van der Waals surface area contributed by atoms with Crippen LogP contribution in [0.4, 0.5) is 0 Å². The van der Waals surface area contributed by atoms with Crippen LogP contribution < -0.4 is 0 Å². The molecule has 102 valence electrons. The summed E-state index contributed by atoms with van der Waals surface area (Å²) in [4.78, 5) is 13.7. The molecule has 0 aliphatic rings. The molecule has 0 atom stereocenters. The van der Waals surface area contributed by atoms with E-state index in [9.17, 15) is 4.79 Å². The van der Waals surface area contributed by atoms with Gasteiger partial charge in [-0.3, -0.25) is 15.0 Å². The van der Waals surface area contributed by atoms with Crippen molar-refractivity contribution in [2.24, 2.45) is 0 Å². The molecule has 0 bridgehead atoms. The molecule has 0 radical (unpaired) electrons. The summed E-state index contributed by atoms with van der Waals surface area (Å²) in [5.74, 6) is -0.0688. The number of hydrogen-bond donors (Lipinski definition) is 2. The minimum Gasteiger partial charge on any atom is -0.336 e. The zero-order valence-corrected chi connectivity index (χ0v) is 11.7. The Labute approximate surface area is 112 Å². The Morgan fingerprint density at radius 2 is 2.16 bits per heavy atom. The van der Waals surface area contributed by atoms with Crippen molar-refractivity contribution in [1.29, 1.82) is 0 Å². The van der Waals surface area contributed by atoms with Crippen LogP contribution in [0.15, 0.2) is 18.5 Å². The molecule has 0 aromatic carbocycles. The lowest BCUT2D eigenvalue weighted by atomic mass is 9.92. The number of carbonyl (C=O) groups is 1. The largest absolute Gasteiger partial charge is 0.336 e. The normalized spacial score (nSPS) is 11.6. The predicted octanol–water partition coefficient (Wildman–Crippen LogP) is 1.70. The molecule has 0 aliphatic carbocycles. The summed E-state index contributed by atoms with van der Waals surface area (Å²) >= 11 is 0. The third kappa shape index (κ3) is 3.01. The first-order valence-electron chi connectivity index (χ1n) is 6.17. The van der Waals surface area contributed by atoms with Gasteiger partial charge in [0, 0.05) is 18.7 Å². The average molecular weight is 261 g/mol. The monoisotopic (exact) mass is 261 g/mol. The molecule has 2 heterocycles. The number of nitrogens with zero attached hydrogens (tertiary/aromatic N) is 3. The van der Waals surface area contributed by atoms with Crippen LogP contribution in [0.3, 0.4) is 0 Å². The van der Waals surface area contributed by atoms with E-state index in [4.69, 9.17) is 0 Å². The predicted molar refractivity (Wildman–Crippen MR) is 71.7 cm³/mol. The number of carbonyl (C=O) groups excluding carboxylic acids is 1. The summed E-state index contributed by atoms with van der Waals surface area (Å²) < 4.78 is 0. The van der Waals surface area contributed by atoms with Crippen molar-refractivity contribution in [2.75, 3.05) is 7.05 Å². The van der Waals surface area contributed by atoms with Crippen molar-refractivity contribution in [3.8, 4) is 0 Å². The molecule has 6 heteroatoms. The molecule has 0 spiro atoms. The lowest BCUT2D eigenvalue weighted by molar-refractivity contribution is 0.0783. The standard InChI is InChI=1S/C13H19N5O/c1-13(2,3)11-5-10(16-17-11)8-18(4)12(19)9-6-14-15-7-9/h5-7H,8H2,1-4H3,(H,14,15)(H,16,17). The molecule has 0 fully saturated rings. The van der Waals surface area contributed by atoms with E-state index in [0.717, 1.165) is 11.4 Å². The Morgan fingerprint density at radius 3 is 2.68 bits per heavy atom. The van der Waals surface area contributed by atoms with Gasteiger partial charge in [-0.2, -0.15) is 10.2 Å². The summed E-state index contributed by atoms with van der Waals surface area (Å²) in [5, 5.41) is 13.7. The van der Waals surface area contributed by atoms with Gasteiger partial charge in [-0.25, -0.2) is 0 Å². The number of H-pyrrole nitrogens is 2. The second kappa shape index (κ2) is 4.87. The minimum atomic E-state index is -0.0688. The molecule has 2 rings (SSSR count). The van der Waals surface area contributed by atoms with Crippen LogP contribution in [-0.2, 0) is 12.0 Å². The zero-order chi connectivity index (χ0) is 14.0. The lowest BCUT2D eigenvalue weighted by Gasteiger charge is -2.15. The maximum atomic E-state index is 12.0. The molecule has 0 aliphatic heterocycles. The fraction of sp³-hybridized carbons (Fsp3) is 0.462. The molecule has 6 nitrogen and oxygen atoms in total. The fourth-order valence-corrected chi connectivity index (χ4v) is 1.74. The van der Waals surface area contributed by atoms with Crippen molar-refractivity contribution >= 4 is 5.91 Å². The van der Waals surface area contributed by atoms with Crippen molar-refractivity contribution in [2.45, 2.75) is 32.7 Å². The summed E-state index contributed by atoms with van der Waals surface area (Å²) in [6, 6.07) is 2.00. The molecule has 0 saturated heterocycles. The van der Waals surface area contributed by atoms with Crippen LogP contribution >= 0.6 is 0 Å². The number of amides is 1. The van der Waals surface area contributed by atoms with Gasteiger partial charge in [0.1, 0.15) is 0 Å². The number of aromatic amines is 2. The maximum absolute atomic E-state index is 12.0. The third-order valence-electron chi connectivity index (χ3n) is 2.90. The van der Waals surface area contributed by atoms with E-state index < -0.39 is 0 Å². The van der Waals surface area contributed by atoms with Gasteiger partial charge < -0.3 is 4.90 Å². The number of hydrogen-bond acceptors (Lipinski definition) is 3. The second-order valence-electron chi connectivity index (χ2n) is 5.68. The third-order valence-corrected chi connectivity index (χ3v) is 2.90. The van der Waals surface area contributed by atoms with Gasteiger partial charge in [-0.05, 0) is 6.07 Å². The molecule has 0 unspecified atom stereocenters.